The predicted molar refractivity (Wildman–Crippen MR) is 89.9 cm³/mol. The number of rotatable bonds is 4. The molecular weight excluding hydrogens is 395 g/mol. The van der Waals surface area contributed by atoms with Gasteiger partial charge in [-0.05, 0) is 36.4 Å². The van der Waals surface area contributed by atoms with Gasteiger partial charge in [0.05, 0.1) is 23.8 Å². The quantitative estimate of drug-likeness (QED) is 0.686. The van der Waals surface area contributed by atoms with E-state index in [2.05, 4.69) is 14.7 Å². The van der Waals surface area contributed by atoms with Gasteiger partial charge in [0.15, 0.2) is 0 Å². The van der Waals surface area contributed by atoms with Gasteiger partial charge in [0.1, 0.15) is 10.6 Å². The Hall–Kier alpha value is -2.46. The van der Waals surface area contributed by atoms with Gasteiger partial charge in [-0.25, -0.2) is 13.4 Å². The molecule has 2 aromatic carbocycles. The number of methoxy groups -OCH3 is 1. The second-order valence-electron chi connectivity index (χ2n) is 5.22. The van der Waals surface area contributed by atoms with E-state index in [-0.39, 0.29) is 32.4 Å². The number of imidazole rings is 1. The van der Waals surface area contributed by atoms with E-state index < -0.39 is 22.0 Å². The summed E-state index contributed by atoms with van der Waals surface area (Å²) in [6.07, 6.45) is -4.63. The Morgan fingerprint density at radius 1 is 1.19 bits per heavy atom. The van der Waals surface area contributed by atoms with Crippen LogP contribution in [0.15, 0.2) is 41.3 Å². The fraction of sp³-hybridized carbons (Fsp3) is 0.133. The van der Waals surface area contributed by atoms with E-state index in [0.29, 0.717) is 0 Å². The molecule has 1 heterocycles. The van der Waals surface area contributed by atoms with Crippen molar-refractivity contribution in [2.24, 2.45) is 0 Å². The number of hydrogen-bond acceptors (Lipinski definition) is 4. The average molecular weight is 406 g/mol. The summed E-state index contributed by atoms with van der Waals surface area (Å²) in [6, 6.07) is 7.86. The molecule has 3 rings (SSSR count). The molecule has 6 nitrogen and oxygen atoms in total. The van der Waals surface area contributed by atoms with Crippen molar-refractivity contribution in [3.05, 3.63) is 47.2 Å². The molecule has 0 bridgehead atoms. The first kappa shape index (κ1) is 18.3. The Morgan fingerprint density at radius 2 is 1.92 bits per heavy atom. The largest absolute Gasteiger partial charge is 0.495 e. The van der Waals surface area contributed by atoms with Crippen LogP contribution in [0.25, 0.3) is 11.0 Å². The third-order valence-corrected chi connectivity index (χ3v) is 5.06. The fourth-order valence-electron chi connectivity index (χ4n) is 2.28. The number of benzene rings is 2. The molecule has 26 heavy (non-hydrogen) atoms. The SMILES string of the molecule is COc1ccc(Cl)cc1S(=O)(=O)Nc1ccc2nc(C(F)(F)F)[nH]c2c1. The smallest absolute Gasteiger partial charge is 0.449 e. The van der Waals surface area contributed by atoms with E-state index in [1.165, 1.54) is 43.5 Å². The summed E-state index contributed by atoms with van der Waals surface area (Å²) in [5.41, 5.74) is 0.146. The van der Waals surface area contributed by atoms with Gasteiger partial charge in [-0.3, -0.25) is 4.72 Å². The molecule has 0 atom stereocenters. The Labute approximate surface area is 151 Å². The first-order chi connectivity index (χ1) is 12.1. The summed E-state index contributed by atoms with van der Waals surface area (Å²) in [6.45, 7) is 0. The molecule has 0 fully saturated rings. The molecule has 0 aliphatic heterocycles. The summed E-state index contributed by atoms with van der Waals surface area (Å²) >= 11 is 5.84. The minimum absolute atomic E-state index is 0.0376. The number of ether oxygens (including phenoxy) is 1. The minimum atomic E-state index is -4.63. The predicted octanol–water partition coefficient (Wildman–Crippen LogP) is 4.04. The lowest BCUT2D eigenvalue weighted by Gasteiger charge is -2.12. The molecule has 0 spiro atoms. The van der Waals surface area contributed by atoms with Gasteiger partial charge in [-0.1, -0.05) is 11.6 Å². The maximum Gasteiger partial charge on any atom is 0.449 e. The molecule has 0 aliphatic carbocycles. The number of nitrogens with one attached hydrogen (secondary N) is 2. The lowest BCUT2D eigenvalue weighted by Crippen LogP contribution is -2.14. The number of sulfonamides is 1. The van der Waals surface area contributed by atoms with E-state index in [0.717, 1.165) is 0 Å². The van der Waals surface area contributed by atoms with Gasteiger partial charge in [0.2, 0.25) is 5.82 Å². The number of hydrogen-bond donors (Lipinski definition) is 2. The molecule has 0 saturated carbocycles. The maximum absolute atomic E-state index is 12.7. The molecule has 0 radical (unpaired) electrons. The van der Waals surface area contributed by atoms with Crippen LogP contribution < -0.4 is 9.46 Å². The fourth-order valence-corrected chi connectivity index (χ4v) is 3.76. The normalized spacial score (nSPS) is 12.3. The number of anilines is 1. The number of fused-ring (bicyclic) bond motifs is 1. The van der Waals surface area contributed by atoms with Crippen LogP contribution in [0.3, 0.4) is 0 Å². The van der Waals surface area contributed by atoms with Crippen LogP contribution in [0.2, 0.25) is 5.02 Å². The highest BCUT2D eigenvalue weighted by molar-refractivity contribution is 7.92. The van der Waals surface area contributed by atoms with Crippen LogP contribution in [0.5, 0.6) is 5.75 Å². The Bertz CT molecular complexity index is 1080. The van der Waals surface area contributed by atoms with E-state index >= 15 is 0 Å². The van der Waals surface area contributed by atoms with Crippen molar-refractivity contribution in [3.63, 3.8) is 0 Å². The monoisotopic (exact) mass is 405 g/mol. The van der Waals surface area contributed by atoms with Crippen molar-refractivity contribution in [3.8, 4) is 5.75 Å². The Kier molecular flexibility index (Phi) is 4.49. The molecule has 0 saturated heterocycles. The van der Waals surface area contributed by atoms with E-state index in [1.54, 1.807) is 0 Å². The molecule has 11 heteroatoms. The van der Waals surface area contributed by atoms with Crippen molar-refractivity contribution >= 4 is 38.3 Å². The third kappa shape index (κ3) is 3.56. The van der Waals surface area contributed by atoms with Crippen molar-refractivity contribution < 1.29 is 26.3 Å². The number of H-pyrrole nitrogens is 1. The lowest BCUT2D eigenvalue weighted by molar-refractivity contribution is -0.144. The van der Waals surface area contributed by atoms with Gasteiger partial charge in [-0.15, -0.1) is 0 Å². The summed E-state index contributed by atoms with van der Waals surface area (Å²) in [5.74, 6) is -1.09. The first-order valence-electron chi connectivity index (χ1n) is 7.03. The number of aromatic amines is 1. The van der Waals surface area contributed by atoms with Crippen LogP contribution in [-0.4, -0.2) is 25.5 Å². The van der Waals surface area contributed by atoms with E-state index in [1.807, 2.05) is 0 Å². The number of nitrogens with zero attached hydrogens (tertiary/aromatic N) is 1. The van der Waals surface area contributed by atoms with Gasteiger partial charge >= 0.3 is 6.18 Å². The first-order valence-corrected chi connectivity index (χ1v) is 8.89. The molecular formula is C15H11ClF3N3O3S. The summed E-state index contributed by atoms with van der Waals surface area (Å²) in [7, 11) is -2.78. The van der Waals surface area contributed by atoms with Crippen LogP contribution in [0, 0.1) is 0 Å². The topological polar surface area (TPSA) is 84.1 Å². The van der Waals surface area contributed by atoms with Crippen LogP contribution in [0.1, 0.15) is 5.82 Å². The Morgan fingerprint density at radius 3 is 2.58 bits per heavy atom. The standard InChI is InChI=1S/C15H11ClF3N3O3S/c1-25-12-5-2-8(16)6-13(12)26(23,24)22-9-3-4-10-11(7-9)21-14(20-10)15(17,18)19/h2-7,22H,1H3,(H,20,21). The van der Waals surface area contributed by atoms with Crippen LogP contribution in [-0.2, 0) is 16.2 Å². The van der Waals surface area contributed by atoms with E-state index in [4.69, 9.17) is 16.3 Å². The highest BCUT2D eigenvalue weighted by Crippen LogP contribution is 2.31. The second kappa shape index (κ2) is 6.36. The molecule has 138 valence electrons. The number of halogens is 4. The van der Waals surface area contributed by atoms with Gasteiger partial charge in [0, 0.05) is 5.02 Å². The lowest BCUT2D eigenvalue weighted by atomic mass is 10.3. The van der Waals surface area contributed by atoms with E-state index in [9.17, 15) is 21.6 Å². The van der Waals surface area contributed by atoms with Crippen molar-refractivity contribution in [2.75, 3.05) is 11.8 Å². The third-order valence-electron chi connectivity index (χ3n) is 3.42. The zero-order valence-electron chi connectivity index (χ0n) is 13.1. The molecule has 0 unspecified atom stereocenters. The Balaban J connectivity index is 1.99. The molecule has 2 N–H and O–H groups in total. The zero-order chi connectivity index (χ0) is 19.1. The van der Waals surface area contributed by atoms with Crippen LogP contribution >= 0.6 is 11.6 Å². The molecule has 3 aromatic rings. The summed E-state index contributed by atoms with van der Waals surface area (Å²) < 4.78 is 70.6. The highest BCUT2D eigenvalue weighted by atomic mass is 35.5. The molecule has 1 aromatic heterocycles. The number of alkyl halides is 3. The summed E-state index contributed by atoms with van der Waals surface area (Å²) in [5, 5.41) is 0.185. The van der Waals surface area contributed by atoms with Gasteiger partial charge in [-0.2, -0.15) is 13.2 Å². The molecule has 0 amide bonds. The second-order valence-corrected chi connectivity index (χ2v) is 7.30. The average Bonchev–Trinajstić information content (AvgIpc) is 2.98. The zero-order valence-corrected chi connectivity index (χ0v) is 14.6. The van der Waals surface area contributed by atoms with Gasteiger partial charge < -0.3 is 9.72 Å². The number of aromatic nitrogens is 2. The minimum Gasteiger partial charge on any atom is -0.495 e. The molecule has 0 aliphatic rings. The maximum atomic E-state index is 12.7. The summed E-state index contributed by atoms with van der Waals surface area (Å²) in [4.78, 5) is 5.34. The van der Waals surface area contributed by atoms with Crippen molar-refractivity contribution in [1.29, 1.82) is 0 Å². The van der Waals surface area contributed by atoms with Crippen molar-refractivity contribution in [2.45, 2.75) is 11.1 Å². The van der Waals surface area contributed by atoms with Crippen molar-refractivity contribution in [1.82, 2.24) is 9.97 Å². The van der Waals surface area contributed by atoms with Crippen LogP contribution in [0.4, 0.5) is 18.9 Å². The highest BCUT2D eigenvalue weighted by Gasteiger charge is 2.34. The van der Waals surface area contributed by atoms with Gasteiger partial charge in [0.25, 0.3) is 10.0 Å².